The van der Waals surface area contributed by atoms with Crippen LogP contribution in [0.15, 0.2) is 0 Å². The first-order valence-electron chi connectivity index (χ1n) is 4.87. The molecular weight excluding hydrogens is 308 g/mol. The van der Waals surface area contributed by atoms with Crippen molar-refractivity contribution >= 4 is 11.8 Å². The predicted molar refractivity (Wildman–Crippen MR) is 46.9 cm³/mol. The summed E-state index contributed by atoms with van der Waals surface area (Å²) in [6.07, 6.45) is -19.7. The minimum absolute atomic E-state index is 0.749. The van der Waals surface area contributed by atoms with Gasteiger partial charge in [-0.15, -0.1) is 0 Å². The highest BCUT2D eigenvalue weighted by atomic mass is 19.4. The second-order valence-electron chi connectivity index (χ2n) is 3.78. The third kappa shape index (κ3) is 5.29. The standard InChI is InChI=1S/C9H8F8O3/c1-4(18)2-6(19)20-9(16,17)8(14,15)5(10)3-7(11,12)13/h5H,2-3H2,1H3. The number of hydrogen-bond donors (Lipinski definition) is 0. The van der Waals surface area contributed by atoms with Crippen LogP contribution in [0.4, 0.5) is 35.1 Å². The number of hydrogen-bond acceptors (Lipinski definition) is 3. The molecule has 0 aromatic carbocycles. The molecule has 0 aliphatic rings. The van der Waals surface area contributed by atoms with Crippen molar-refractivity contribution in [3.8, 4) is 0 Å². The molecule has 0 aromatic heterocycles. The van der Waals surface area contributed by atoms with Crippen LogP contribution in [0, 0.1) is 0 Å². The molecular formula is C9H8F8O3. The first-order valence-corrected chi connectivity index (χ1v) is 4.87. The molecule has 0 radical (unpaired) electrons. The predicted octanol–water partition coefficient (Wildman–Crippen LogP) is 3.03. The van der Waals surface area contributed by atoms with Crippen molar-refractivity contribution in [2.45, 2.75) is 44.1 Å². The second-order valence-corrected chi connectivity index (χ2v) is 3.78. The molecule has 0 heterocycles. The molecule has 3 nitrogen and oxygen atoms in total. The summed E-state index contributed by atoms with van der Waals surface area (Å²) in [5, 5.41) is 0. The zero-order chi connectivity index (χ0) is 16.4. The molecule has 0 bridgehead atoms. The van der Waals surface area contributed by atoms with E-state index in [0.29, 0.717) is 0 Å². The maximum absolute atomic E-state index is 12.8. The fourth-order valence-electron chi connectivity index (χ4n) is 0.964. The molecule has 0 aliphatic carbocycles. The summed E-state index contributed by atoms with van der Waals surface area (Å²) in [6, 6.07) is 0. The summed E-state index contributed by atoms with van der Waals surface area (Å²) in [6.45, 7) is 0.749. The van der Waals surface area contributed by atoms with E-state index in [0.717, 1.165) is 6.92 Å². The number of ether oxygens (including phenoxy) is 1. The van der Waals surface area contributed by atoms with Gasteiger partial charge in [-0.1, -0.05) is 0 Å². The van der Waals surface area contributed by atoms with E-state index in [1.165, 1.54) is 0 Å². The zero-order valence-corrected chi connectivity index (χ0v) is 9.74. The lowest BCUT2D eigenvalue weighted by Crippen LogP contribution is -2.51. The number of carbonyl (C=O) groups is 2. The van der Waals surface area contributed by atoms with Crippen LogP contribution in [0.3, 0.4) is 0 Å². The Labute approximate surface area is 106 Å². The molecule has 0 amide bonds. The monoisotopic (exact) mass is 316 g/mol. The van der Waals surface area contributed by atoms with Crippen molar-refractivity contribution < 1.29 is 49.4 Å². The number of Topliss-reactive ketones (excluding diaryl/α,β-unsaturated/α-hetero) is 1. The molecule has 0 aromatic rings. The van der Waals surface area contributed by atoms with Gasteiger partial charge < -0.3 is 4.74 Å². The van der Waals surface area contributed by atoms with Gasteiger partial charge in [0.05, 0.1) is 6.42 Å². The maximum atomic E-state index is 12.8. The fourth-order valence-corrected chi connectivity index (χ4v) is 0.964. The van der Waals surface area contributed by atoms with Gasteiger partial charge in [0, 0.05) is 0 Å². The van der Waals surface area contributed by atoms with Crippen LogP contribution < -0.4 is 0 Å². The Balaban J connectivity index is 4.96. The lowest BCUT2D eigenvalue weighted by Gasteiger charge is -2.28. The van der Waals surface area contributed by atoms with Gasteiger partial charge in [-0.2, -0.15) is 30.7 Å². The van der Waals surface area contributed by atoms with Gasteiger partial charge in [0.1, 0.15) is 12.2 Å². The number of carbonyl (C=O) groups excluding carboxylic acids is 2. The molecule has 0 rings (SSSR count). The Hall–Kier alpha value is -1.42. The average molecular weight is 316 g/mol. The average Bonchev–Trinajstić information content (AvgIpc) is 2.11. The van der Waals surface area contributed by atoms with E-state index >= 15 is 0 Å². The summed E-state index contributed by atoms with van der Waals surface area (Å²) >= 11 is 0. The van der Waals surface area contributed by atoms with E-state index in [4.69, 9.17) is 0 Å². The number of halogens is 8. The molecule has 118 valence electrons. The van der Waals surface area contributed by atoms with Crippen LogP contribution in [0.2, 0.25) is 0 Å². The van der Waals surface area contributed by atoms with Gasteiger partial charge in [0.2, 0.25) is 0 Å². The molecule has 20 heavy (non-hydrogen) atoms. The highest BCUT2D eigenvalue weighted by molar-refractivity contribution is 5.94. The highest BCUT2D eigenvalue weighted by Gasteiger charge is 2.67. The van der Waals surface area contributed by atoms with Crippen LogP contribution >= 0.6 is 0 Å². The molecule has 0 saturated heterocycles. The smallest absolute Gasteiger partial charge is 0.396 e. The maximum Gasteiger partial charge on any atom is 0.469 e. The highest BCUT2D eigenvalue weighted by Crippen LogP contribution is 2.43. The Morgan fingerprint density at radius 3 is 1.85 bits per heavy atom. The number of esters is 1. The van der Waals surface area contributed by atoms with E-state index in [9.17, 15) is 44.7 Å². The zero-order valence-electron chi connectivity index (χ0n) is 9.74. The van der Waals surface area contributed by atoms with Crippen molar-refractivity contribution in [2.24, 2.45) is 0 Å². The van der Waals surface area contributed by atoms with Crippen molar-refractivity contribution in [3.05, 3.63) is 0 Å². The molecule has 0 saturated carbocycles. The van der Waals surface area contributed by atoms with Gasteiger partial charge in [0.25, 0.3) is 0 Å². The summed E-state index contributed by atoms with van der Waals surface area (Å²) < 4.78 is 102. The largest absolute Gasteiger partial charge is 0.469 e. The lowest BCUT2D eigenvalue weighted by atomic mass is 10.1. The van der Waals surface area contributed by atoms with Crippen LogP contribution in [0.25, 0.3) is 0 Å². The first kappa shape index (κ1) is 18.6. The minimum atomic E-state index is -5.89. The van der Waals surface area contributed by atoms with E-state index in [-0.39, 0.29) is 0 Å². The van der Waals surface area contributed by atoms with Crippen molar-refractivity contribution in [1.82, 2.24) is 0 Å². The Kier molecular flexibility index (Phi) is 5.50. The van der Waals surface area contributed by atoms with Crippen LogP contribution in [-0.4, -0.2) is 36.1 Å². The fraction of sp³-hybridized carbons (Fsp3) is 0.778. The summed E-state index contributed by atoms with van der Waals surface area (Å²) in [5.41, 5.74) is 0. The normalized spacial score (nSPS) is 14.8. The van der Waals surface area contributed by atoms with Gasteiger partial charge in [-0.3, -0.25) is 9.59 Å². The second kappa shape index (κ2) is 5.92. The molecule has 0 fully saturated rings. The molecule has 0 spiro atoms. The Morgan fingerprint density at radius 1 is 1.05 bits per heavy atom. The molecule has 0 N–H and O–H groups in total. The SMILES string of the molecule is CC(=O)CC(=O)OC(F)(F)C(F)(F)C(F)CC(F)(F)F. The molecule has 11 heteroatoms. The van der Waals surface area contributed by atoms with Gasteiger partial charge in [-0.25, -0.2) is 4.39 Å². The van der Waals surface area contributed by atoms with Crippen LogP contribution in [-0.2, 0) is 14.3 Å². The third-order valence-corrected chi connectivity index (χ3v) is 1.83. The molecule has 1 unspecified atom stereocenters. The Morgan fingerprint density at radius 2 is 1.50 bits per heavy atom. The third-order valence-electron chi connectivity index (χ3n) is 1.83. The summed E-state index contributed by atoms with van der Waals surface area (Å²) in [4.78, 5) is 21.0. The Bertz CT molecular complexity index is 376. The molecule has 0 aliphatic heterocycles. The van der Waals surface area contributed by atoms with E-state index in [2.05, 4.69) is 4.74 Å². The van der Waals surface area contributed by atoms with Crippen LogP contribution in [0.5, 0.6) is 0 Å². The summed E-state index contributed by atoms with van der Waals surface area (Å²) in [5.74, 6) is -9.02. The van der Waals surface area contributed by atoms with Gasteiger partial charge in [0.15, 0.2) is 6.17 Å². The number of ketones is 1. The van der Waals surface area contributed by atoms with Crippen molar-refractivity contribution in [2.75, 3.05) is 0 Å². The van der Waals surface area contributed by atoms with E-state index in [1.807, 2.05) is 0 Å². The molecule has 1 atom stereocenters. The van der Waals surface area contributed by atoms with Gasteiger partial charge >= 0.3 is 24.2 Å². The quantitative estimate of drug-likeness (QED) is 0.430. The first-order chi connectivity index (χ1) is 8.69. The van der Waals surface area contributed by atoms with Crippen LogP contribution in [0.1, 0.15) is 19.8 Å². The van der Waals surface area contributed by atoms with Crippen molar-refractivity contribution in [3.63, 3.8) is 0 Å². The lowest BCUT2D eigenvalue weighted by molar-refractivity contribution is -0.351. The van der Waals surface area contributed by atoms with Gasteiger partial charge in [-0.05, 0) is 6.92 Å². The number of rotatable bonds is 6. The summed E-state index contributed by atoms with van der Waals surface area (Å²) in [7, 11) is 0. The number of alkyl halides is 8. The van der Waals surface area contributed by atoms with Crippen molar-refractivity contribution in [1.29, 1.82) is 0 Å². The topological polar surface area (TPSA) is 43.4 Å². The minimum Gasteiger partial charge on any atom is -0.396 e. The van der Waals surface area contributed by atoms with E-state index < -0.39 is 49.0 Å². The van der Waals surface area contributed by atoms with E-state index in [1.54, 1.807) is 0 Å².